The molecular weight excluding hydrogens is 322 g/mol. The van der Waals surface area contributed by atoms with Crippen LogP contribution in [0.3, 0.4) is 0 Å². The van der Waals surface area contributed by atoms with Gasteiger partial charge in [0.25, 0.3) is 0 Å². The van der Waals surface area contributed by atoms with Crippen LogP contribution in [0.15, 0.2) is 24.3 Å². The molecule has 3 aromatic rings. The smallest absolute Gasteiger partial charge is 0.200 e. The molecule has 0 aromatic carbocycles. The lowest BCUT2D eigenvalue weighted by molar-refractivity contribution is 0.251. The van der Waals surface area contributed by atoms with Crippen molar-refractivity contribution in [3.05, 3.63) is 33.5 Å². The SMILES string of the molecule is Clc1ccc(CN2CCN(c3ccc4nnnn4n3)CC2)s1. The van der Waals surface area contributed by atoms with Crippen LogP contribution in [0.25, 0.3) is 5.65 Å². The minimum atomic E-state index is 0.664. The predicted molar refractivity (Wildman–Crippen MR) is 85.4 cm³/mol. The maximum absolute atomic E-state index is 5.98. The van der Waals surface area contributed by atoms with E-state index in [-0.39, 0.29) is 0 Å². The summed E-state index contributed by atoms with van der Waals surface area (Å²) < 4.78 is 2.32. The summed E-state index contributed by atoms with van der Waals surface area (Å²) in [6.07, 6.45) is 0. The topological polar surface area (TPSA) is 62.5 Å². The molecule has 0 unspecified atom stereocenters. The lowest BCUT2D eigenvalue weighted by atomic mass is 10.3. The van der Waals surface area contributed by atoms with Crippen LogP contribution in [0, 0.1) is 0 Å². The first-order chi connectivity index (χ1) is 10.8. The zero-order valence-corrected chi connectivity index (χ0v) is 13.3. The Morgan fingerprint density at radius 1 is 1.09 bits per heavy atom. The molecule has 7 nitrogen and oxygen atoms in total. The number of hydrogen-bond acceptors (Lipinski definition) is 7. The zero-order valence-electron chi connectivity index (χ0n) is 11.8. The highest BCUT2D eigenvalue weighted by Crippen LogP contribution is 2.23. The van der Waals surface area contributed by atoms with Crippen LogP contribution in [0.5, 0.6) is 0 Å². The van der Waals surface area contributed by atoms with Gasteiger partial charge in [0.15, 0.2) is 11.5 Å². The van der Waals surface area contributed by atoms with E-state index in [1.165, 1.54) is 9.51 Å². The van der Waals surface area contributed by atoms with Gasteiger partial charge in [-0.05, 0) is 34.7 Å². The molecule has 0 N–H and O–H groups in total. The van der Waals surface area contributed by atoms with Crippen molar-refractivity contribution < 1.29 is 0 Å². The van der Waals surface area contributed by atoms with Crippen LogP contribution >= 0.6 is 22.9 Å². The van der Waals surface area contributed by atoms with Crippen LogP contribution in [0.2, 0.25) is 4.34 Å². The molecule has 1 saturated heterocycles. The minimum Gasteiger partial charge on any atom is -0.353 e. The molecule has 0 saturated carbocycles. The second-order valence-corrected chi connectivity index (χ2v) is 6.99. The van der Waals surface area contributed by atoms with Gasteiger partial charge in [-0.2, -0.15) is 0 Å². The van der Waals surface area contributed by atoms with Gasteiger partial charge in [0.2, 0.25) is 0 Å². The highest BCUT2D eigenvalue weighted by Gasteiger charge is 2.19. The number of halogens is 1. The molecule has 4 rings (SSSR count). The molecule has 1 aliphatic rings. The Kier molecular flexibility index (Phi) is 3.65. The minimum absolute atomic E-state index is 0.664. The molecule has 22 heavy (non-hydrogen) atoms. The Balaban J connectivity index is 1.40. The van der Waals surface area contributed by atoms with E-state index in [0.29, 0.717) is 5.65 Å². The average molecular weight is 336 g/mol. The van der Waals surface area contributed by atoms with E-state index in [2.05, 4.69) is 36.5 Å². The summed E-state index contributed by atoms with van der Waals surface area (Å²) in [6.45, 7) is 4.86. The molecular formula is C13H14ClN7S. The monoisotopic (exact) mass is 335 g/mol. The van der Waals surface area contributed by atoms with E-state index in [1.54, 1.807) is 11.3 Å². The van der Waals surface area contributed by atoms with E-state index in [9.17, 15) is 0 Å². The second kappa shape index (κ2) is 5.79. The molecule has 0 bridgehead atoms. The predicted octanol–water partition coefficient (Wildman–Crippen LogP) is 1.56. The lowest BCUT2D eigenvalue weighted by Gasteiger charge is -2.34. The van der Waals surface area contributed by atoms with Crippen LogP contribution in [0.1, 0.15) is 4.88 Å². The Morgan fingerprint density at radius 2 is 1.95 bits per heavy atom. The Morgan fingerprint density at radius 3 is 2.73 bits per heavy atom. The highest BCUT2D eigenvalue weighted by molar-refractivity contribution is 7.16. The van der Waals surface area contributed by atoms with Gasteiger partial charge in [0.05, 0.1) is 4.34 Å². The number of nitrogens with zero attached hydrogens (tertiary/aromatic N) is 7. The molecule has 9 heteroatoms. The van der Waals surface area contributed by atoms with Gasteiger partial charge in [-0.1, -0.05) is 11.6 Å². The summed E-state index contributed by atoms with van der Waals surface area (Å²) in [4.78, 5) is 6.01. The molecule has 0 aliphatic carbocycles. The third-order valence-corrected chi connectivity index (χ3v) is 4.98. The number of tetrazole rings is 1. The first-order valence-electron chi connectivity index (χ1n) is 7.05. The molecule has 0 atom stereocenters. The van der Waals surface area contributed by atoms with Crippen LogP contribution in [-0.2, 0) is 6.54 Å². The van der Waals surface area contributed by atoms with Crippen molar-refractivity contribution in [2.75, 3.05) is 31.1 Å². The largest absolute Gasteiger partial charge is 0.353 e. The molecule has 1 fully saturated rings. The summed E-state index contributed by atoms with van der Waals surface area (Å²) in [7, 11) is 0. The maximum Gasteiger partial charge on any atom is 0.200 e. The molecule has 0 amide bonds. The summed E-state index contributed by atoms with van der Waals surface area (Å²) in [5.74, 6) is 0.915. The molecule has 1 aliphatic heterocycles. The van der Waals surface area contributed by atoms with Gasteiger partial charge in [0, 0.05) is 37.6 Å². The van der Waals surface area contributed by atoms with Crippen LogP contribution < -0.4 is 4.90 Å². The van der Waals surface area contributed by atoms with Crippen molar-refractivity contribution in [1.29, 1.82) is 0 Å². The maximum atomic E-state index is 5.98. The highest BCUT2D eigenvalue weighted by atomic mass is 35.5. The lowest BCUT2D eigenvalue weighted by Crippen LogP contribution is -2.46. The molecule has 0 spiro atoms. The number of thiophene rings is 1. The number of rotatable bonds is 3. The number of hydrogen-bond donors (Lipinski definition) is 0. The van der Waals surface area contributed by atoms with Crippen molar-refractivity contribution in [3.63, 3.8) is 0 Å². The molecule has 4 heterocycles. The summed E-state index contributed by atoms with van der Waals surface area (Å²) in [6, 6.07) is 7.93. The molecule has 0 radical (unpaired) electrons. The average Bonchev–Trinajstić information content (AvgIpc) is 3.16. The van der Waals surface area contributed by atoms with Crippen molar-refractivity contribution >= 4 is 34.4 Å². The van der Waals surface area contributed by atoms with Crippen molar-refractivity contribution in [3.8, 4) is 0 Å². The van der Waals surface area contributed by atoms with Crippen molar-refractivity contribution in [2.45, 2.75) is 6.54 Å². The van der Waals surface area contributed by atoms with Gasteiger partial charge >= 0.3 is 0 Å². The normalized spacial score (nSPS) is 16.5. The Labute approximate surface area is 136 Å². The van der Waals surface area contributed by atoms with Crippen LogP contribution in [-0.4, -0.2) is 56.3 Å². The van der Waals surface area contributed by atoms with Gasteiger partial charge in [-0.25, -0.2) is 0 Å². The quantitative estimate of drug-likeness (QED) is 0.724. The van der Waals surface area contributed by atoms with E-state index in [4.69, 9.17) is 11.6 Å². The van der Waals surface area contributed by atoms with Gasteiger partial charge in [0.1, 0.15) is 0 Å². The fourth-order valence-corrected chi connectivity index (χ4v) is 3.73. The third-order valence-electron chi connectivity index (χ3n) is 3.76. The number of anilines is 1. The standard InChI is InChI=1S/C13H14ClN7S/c14-11-2-1-10(22-11)9-19-5-7-20(8-6-19)13-4-3-12-15-17-18-21(12)16-13/h1-4H,5-9H2. The number of aromatic nitrogens is 5. The van der Waals surface area contributed by atoms with E-state index in [0.717, 1.165) is 42.9 Å². The van der Waals surface area contributed by atoms with E-state index in [1.807, 2.05) is 18.2 Å². The van der Waals surface area contributed by atoms with Crippen LogP contribution in [0.4, 0.5) is 5.82 Å². The first kappa shape index (κ1) is 13.9. The number of fused-ring (bicyclic) bond motifs is 1. The summed E-state index contributed by atoms with van der Waals surface area (Å²) in [5, 5.41) is 15.8. The fourth-order valence-electron chi connectivity index (χ4n) is 2.60. The zero-order chi connectivity index (χ0) is 14.9. The van der Waals surface area contributed by atoms with Gasteiger partial charge in [-0.15, -0.1) is 26.2 Å². The first-order valence-corrected chi connectivity index (χ1v) is 8.24. The van der Waals surface area contributed by atoms with Gasteiger partial charge < -0.3 is 4.90 Å². The van der Waals surface area contributed by atoms with Crippen molar-refractivity contribution in [1.82, 2.24) is 30.2 Å². The van der Waals surface area contributed by atoms with Gasteiger partial charge in [-0.3, -0.25) is 4.90 Å². The molecule has 3 aromatic heterocycles. The second-order valence-electron chi connectivity index (χ2n) is 5.19. The summed E-state index contributed by atoms with van der Waals surface area (Å²) >= 11 is 7.64. The molecule has 114 valence electrons. The Bertz CT molecular complexity index is 777. The summed E-state index contributed by atoms with van der Waals surface area (Å²) in [5.41, 5.74) is 0.664. The van der Waals surface area contributed by atoms with E-state index >= 15 is 0 Å². The Hall–Kier alpha value is -1.77. The number of piperazine rings is 1. The van der Waals surface area contributed by atoms with E-state index < -0.39 is 0 Å². The fraction of sp³-hybridized carbons (Fsp3) is 0.385. The van der Waals surface area contributed by atoms with Crippen molar-refractivity contribution in [2.24, 2.45) is 0 Å². The third kappa shape index (κ3) is 2.77.